The quantitative estimate of drug-likeness (QED) is 0.266. The molecule has 0 saturated carbocycles. The number of benzene rings is 2. The summed E-state index contributed by atoms with van der Waals surface area (Å²) in [5.41, 5.74) is 3.64. The molecule has 0 atom stereocenters. The predicted molar refractivity (Wildman–Crippen MR) is 128 cm³/mol. The second kappa shape index (κ2) is 8.82. The summed E-state index contributed by atoms with van der Waals surface area (Å²) in [6.45, 7) is 5.94. The number of hydrogen-bond acceptors (Lipinski definition) is 4. The Morgan fingerprint density at radius 3 is 2.38 bits per heavy atom. The van der Waals surface area contributed by atoms with Crippen molar-refractivity contribution in [3.05, 3.63) is 74.8 Å². The van der Waals surface area contributed by atoms with Gasteiger partial charge in [-0.3, -0.25) is 0 Å². The zero-order valence-corrected chi connectivity index (χ0v) is 19.5. The number of hydrogen-bond donors (Lipinski definition) is 0. The summed E-state index contributed by atoms with van der Waals surface area (Å²) in [4.78, 5) is 13.8. The van der Waals surface area contributed by atoms with E-state index >= 15 is 0 Å². The molecule has 2 aromatic heterocycles. The van der Waals surface area contributed by atoms with Crippen LogP contribution in [-0.4, -0.2) is 16.5 Å². The smallest absolute Gasteiger partial charge is 0.225 e. The average Bonchev–Trinajstić information content (AvgIpc) is 3.11. The highest BCUT2D eigenvalue weighted by Gasteiger charge is 2.22. The van der Waals surface area contributed by atoms with Crippen molar-refractivity contribution in [2.45, 2.75) is 26.8 Å². The van der Waals surface area contributed by atoms with Crippen molar-refractivity contribution in [3.63, 3.8) is 0 Å². The summed E-state index contributed by atoms with van der Waals surface area (Å²) < 4.78 is 1.07. The lowest BCUT2D eigenvalue weighted by molar-refractivity contribution is 0.817. The number of rotatable bonds is 6. The van der Waals surface area contributed by atoms with E-state index in [9.17, 15) is 0 Å². The zero-order valence-electron chi connectivity index (χ0n) is 16.3. The summed E-state index contributed by atoms with van der Waals surface area (Å²) in [5.74, 6) is 0.903. The standard InChI is InChI=1S/C23H21BrClN3S/c1-3-18-19(16-10-12-17(24)13-11-16)20-21(26-23(25)27-22(20)29-18)28(4-2)14-15-8-6-5-7-9-15/h5-13H,3-4,14H2,1-2H3. The van der Waals surface area contributed by atoms with Crippen molar-refractivity contribution < 1.29 is 0 Å². The zero-order chi connectivity index (χ0) is 20.4. The van der Waals surface area contributed by atoms with E-state index in [0.717, 1.165) is 40.0 Å². The molecule has 0 spiro atoms. The first-order chi connectivity index (χ1) is 14.1. The Morgan fingerprint density at radius 1 is 1.00 bits per heavy atom. The predicted octanol–water partition coefficient (Wildman–Crippen LogP) is 7.36. The van der Waals surface area contributed by atoms with Crippen molar-refractivity contribution in [3.8, 4) is 11.1 Å². The Balaban J connectivity index is 1.93. The second-order valence-corrected chi connectivity index (χ2v) is 9.09. The summed E-state index contributed by atoms with van der Waals surface area (Å²) in [5, 5.41) is 1.39. The number of anilines is 1. The van der Waals surface area contributed by atoms with Crippen molar-refractivity contribution in [2.24, 2.45) is 0 Å². The molecule has 29 heavy (non-hydrogen) atoms. The molecule has 6 heteroatoms. The summed E-state index contributed by atoms with van der Waals surface area (Å²) in [6, 6.07) is 18.9. The average molecular weight is 487 g/mol. The maximum atomic E-state index is 6.35. The van der Waals surface area contributed by atoms with Gasteiger partial charge in [0.25, 0.3) is 0 Å². The van der Waals surface area contributed by atoms with Gasteiger partial charge in [0.1, 0.15) is 10.6 Å². The third-order valence-corrected chi connectivity index (χ3v) is 6.86. The fraction of sp³-hybridized carbons (Fsp3) is 0.217. The highest BCUT2D eigenvalue weighted by atomic mass is 79.9. The van der Waals surface area contributed by atoms with E-state index < -0.39 is 0 Å². The summed E-state index contributed by atoms with van der Waals surface area (Å²) in [7, 11) is 0. The topological polar surface area (TPSA) is 29.0 Å². The Kier molecular flexibility index (Phi) is 6.18. The van der Waals surface area contributed by atoms with Crippen LogP contribution in [0.5, 0.6) is 0 Å². The van der Waals surface area contributed by atoms with E-state index in [1.165, 1.54) is 21.6 Å². The Morgan fingerprint density at radius 2 is 1.72 bits per heavy atom. The molecule has 0 aliphatic heterocycles. The van der Waals surface area contributed by atoms with Gasteiger partial charge < -0.3 is 4.90 Å². The number of nitrogens with zero attached hydrogens (tertiary/aromatic N) is 3. The lowest BCUT2D eigenvalue weighted by atomic mass is 10.0. The molecule has 3 nitrogen and oxygen atoms in total. The first-order valence-corrected chi connectivity index (χ1v) is 11.6. The molecule has 0 aliphatic rings. The van der Waals surface area contributed by atoms with Crippen LogP contribution in [0.4, 0.5) is 5.82 Å². The lowest BCUT2D eigenvalue weighted by Gasteiger charge is -2.23. The molecule has 2 aromatic carbocycles. The molecule has 148 valence electrons. The maximum absolute atomic E-state index is 6.35. The molecule has 0 amide bonds. The van der Waals surface area contributed by atoms with Gasteiger partial charge in [0, 0.05) is 28.0 Å². The Hall–Kier alpha value is -1.95. The molecule has 0 bridgehead atoms. The highest BCUT2D eigenvalue weighted by Crippen LogP contribution is 2.43. The molecule has 0 unspecified atom stereocenters. The third-order valence-electron chi connectivity index (χ3n) is 4.93. The molecule has 0 N–H and O–H groups in total. The van der Waals surface area contributed by atoms with Crippen LogP contribution in [0.3, 0.4) is 0 Å². The lowest BCUT2D eigenvalue weighted by Crippen LogP contribution is -2.23. The van der Waals surface area contributed by atoms with Crippen LogP contribution < -0.4 is 4.90 Å². The normalized spacial score (nSPS) is 11.2. The van der Waals surface area contributed by atoms with E-state index in [0.29, 0.717) is 5.28 Å². The number of aryl methyl sites for hydroxylation is 1. The van der Waals surface area contributed by atoms with Gasteiger partial charge in [-0.05, 0) is 48.2 Å². The second-order valence-electron chi connectivity index (χ2n) is 6.76. The first kappa shape index (κ1) is 20.3. The first-order valence-electron chi connectivity index (χ1n) is 9.64. The molecule has 4 aromatic rings. The minimum Gasteiger partial charge on any atom is -0.352 e. The maximum Gasteiger partial charge on any atom is 0.225 e. The summed E-state index contributed by atoms with van der Waals surface area (Å²) >= 11 is 11.6. The van der Waals surface area contributed by atoms with Crippen molar-refractivity contribution >= 4 is 54.9 Å². The van der Waals surface area contributed by atoms with Gasteiger partial charge in [0.15, 0.2) is 0 Å². The fourth-order valence-corrected chi connectivity index (χ4v) is 5.15. The monoisotopic (exact) mass is 485 g/mol. The van der Waals surface area contributed by atoms with Crippen LogP contribution in [0.1, 0.15) is 24.3 Å². The molecule has 0 fully saturated rings. The number of halogens is 2. The SMILES string of the molecule is CCc1sc2nc(Cl)nc(N(CC)Cc3ccccc3)c2c1-c1ccc(Br)cc1. The van der Waals surface area contributed by atoms with Crippen LogP contribution in [0.2, 0.25) is 5.28 Å². The van der Waals surface area contributed by atoms with Crippen LogP contribution in [-0.2, 0) is 13.0 Å². The van der Waals surface area contributed by atoms with Gasteiger partial charge in [0.05, 0.1) is 5.39 Å². The third kappa shape index (κ3) is 4.18. The van der Waals surface area contributed by atoms with Gasteiger partial charge in [-0.2, -0.15) is 4.98 Å². The fourth-order valence-electron chi connectivity index (χ4n) is 3.54. The van der Waals surface area contributed by atoms with Gasteiger partial charge in [-0.1, -0.05) is 65.3 Å². The van der Waals surface area contributed by atoms with Crippen molar-refractivity contribution in [2.75, 3.05) is 11.4 Å². The number of fused-ring (bicyclic) bond motifs is 1. The molecular weight excluding hydrogens is 466 g/mol. The van der Waals surface area contributed by atoms with Crippen molar-refractivity contribution in [1.29, 1.82) is 0 Å². The van der Waals surface area contributed by atoms with E-state index in [-0.39, 0.29) is 0 Å². The van der Waals surface area contributed by atoms with Gasteiger partial charge in [-0.15, -0.1) is 11.3 Å². The Labute approximate surface area is 188 Å². The largest absolute Gasteiger partial charge is 0.352 e. The molecular formula is C23H21BrClN3S. The molecule has 4 rings (SSSR count). The van der Waals surface area contributed by atoms with Crippen molar-refractivity contribution in [1.82, 2.24) is 9.97 Å². The van der Waals surface area contributed by atoms with Gasteiger partial charge in [0.2, 0.25) is 5.28 Å². The molecule has 0 saturated heterocycles. The molecule has 0 radical (unpaired) electrons. The Bertz CT molecular complexity index is 1130. The highest BCUT2D eigenvalue weighted by molar-refractivity contribution is 9.10. The van der Waals surface area contributed by atoms with Crippen LogP contribution in [0, 0.1) is 0 Å². The van der Waals surface area contributed by atoms with Gasteiger partial charge >= 0.3 is 0 Å². The minimum atomic E-state index is 0.297. The van der Waals surface area contributed by atoms with E-state index in [4.69, 9.17) is 16.6 Å². The van der Waals surface area contributed by atoms with E-state index in [2.05, 4.69) is 88.2 Å². The number of aromatic nitrogens is 2. The van der Waals surface area contributed by atoms with Gasteiger partial charge in [-0.25, -0.2) is 4.98 Å². The van der Waals surface area contributed by atoms with Crippen LogP contribution >= 0.6 is 38.9 Å². The van der Waals surface area contributed by atoms with E-state index in [1.54, 1.807) is 11.3 Å². The van der Waals surface area contributed by atoms with Crippen LogP contribution in [0.15, 0.2) is 59.1 Å². The number of thiophene rings is 1. The summed E-state index contributed by atoms with van der Waals surface area (Å²) in [6.07, 6.45) is 0.939. The molecule has 2 heterocycles. The molecule has 0 aliphatic carbocycles. The minimum absolute atomic E-state index is 0.297. The van der Waals surface area contributed by atoms with Crippen LogP contribution in [0.25, 0.3) is 21.3 Å². The van der Waals surface area contributed by atoms with E-state index in [1.807, 2.05) is 6.07 Å².